The third-order valence-corrected chi connectivity index (χ3v) is 3.72. The number of rotatable bonds is 4. The van der Waals surface area contributed by atoms with Crippen LogP contribution >= 0.6 is 11.3 Å². The Morgan fingerprint density at radius 3 is 2.67 bits per heavy atom. The van der Waals surface area contributed by atoms with Gasteiger partial charge in [0, 0.05) is 17.9 Å². The Balaban J connectivity index is 2.60. The molecule has 0 bridgehead atoms. The molecule has 7 heteroatoms. The number of hydrogen-bond donors (Lipinski definition) is 1. The van der Waals surface area contributed by atoms with Crippen molar-refractivity contribution in [1.82, 2.24) is 14.8 Å². The van der Waals surface area contributed by atoms with Gasteiger partial charge in [0.25, 0.3) is 5.56 Å². The molecule has 0 aliphatic carbocycles. The van der Waals surface area contributed by atoms with Crippen LogP contribution in [0.5, 0.6) is 0 Å². The molecule has 0 aliphatic heterocycles. The second kappa shape index (κ2) is 5.95. The average molecular weight is 308 g/mol. The van der Waals surface area contributed by atoms with Crippen LogP contribution in [0.25, 0.3) is 11.3 Å². The lowest BCUT2D eigenvalue weighted by atomic mass is 9.91. The lowest BCUT2D eigenvalue weighted by molar-refractivity contribution is 0.181. The molecule has 0 atom stereocenters. The number of aromatic nitrogens is 3. The van der Waals surface area contributed by atoms with E-state index in [0.29, 0.717) is 29.5 Å². The number of thiazole rings is 1. The van der Waals surface area contributed by atoms with E-state index in [0.717, 1.165) is 5.69 Å². The minimum absolute atomic E-state index is 0.168. The zero-order chi connectivity index (χ0) is 15.6. The van der Waals surface area contributed by atoms with Gasteiger partial charge in [-0.2, -0.15) is 5.10 Å². The Morgan fingerprint density at radius 1 is 1.43 bits per heavy atom. The average Bonchev–Trinajstić information content (AvgIpc) is 2.82. The molecule has 0 aliphatic rings. The first-order valence-corrected chi connectivity index (χ1v) is 7.54. The number of nitrogens with zero attached hydrogens (tertiary/aromatic N) is 3. The van der Waals surface area contributed by atoms with Crippen LogP contribution in [0.4, 0.5) is 5.13 Å². The molecule has 0 saturated heterocycles. The van der Waals surface area contributed by atoms with Crippen LogP contribution in [-0.2, 0) is 16.7 Å². The third-order valence-electron chi connectivity index (χ3n) is 3.05. The van der Waals surface area contributed by atoms with Crippen molar-refractivity contribution in [3.8, 4) is 11.3 Å². The molecule has 0 saturated carbocycles. The van der Waals surface area contributed by atoms with Gasteiger partial charge in [-0.3, -0.25) is 4.79 Å². The van der Waals surface area contributed by atoms with E-state index in [1.165, 1.54) is 16.0 Å². The van der Waals surface area contributed by atoms with Gasteiger partial charge in [-0.25, -0.2) is 9.67 Å². The van der Waals surface area contributed by atoms with Crippen LogP contribution < -0.4 is 11.3 Å². The molecule has 6 nitrogen and oxygen atoms in total. The molecule has 2 rings (SSSR count). The highest BCUT2D eigenvalue weighted by Gasteiger charge is 2.21. The van der Waals surface area contributed by atoms with E-state index in [-0.39, 0.29) is 11.0 Å². The first kappa shape index (κ1) is 15.7. The van der Waals surface area contributed by atoms with Crippen molar-refractivity contribution < 1.29 is 4.74 Å². The molecular weight excluding hydrogens is 288 g/mol. The summed E-state index contributed by atoms with van der Waals surface area (Å²) < 4.78 is 6.48. The lowest BCUT2D eigenvalue weighted by Crippen LogP contribution is -2.30. The maximum absolute atomic E-state index is 12.5. The Bertz CT molecular complexity index is 685. The van der Waals surface area contributed by atoms with Crippen LogP contribution in [0.15, 0.2) is 16.2 Å². The topological polar surface area (TPSA) is 83.0 Å². The quantitative estimate of drug-likeness (QED) is 0.932. The third kappa shape index (κ3) is 3.48. The SMILES string of the molecule is COCCn1nc(C(C)(C)C)cc(-c2csc(N)n2)c1=O. The molecule has 2 aromatic rings. The zero-order valence-corrected chi connectivity index (χ0v) is 13.5. The van der Waals surface area contributed by atoms with Crippen LogP contribution in [0.3, 0.4) is 0 Å². The Labute approximate surface area is 127 Å². The second-order valence-electron chi connectivity index (χ2n) is 5.79. The van der Waals surface area contributed by atoms with E-state index in [4.69, 9.17) is 10.5 Å². The Morgan fingerprint density at radius 2 is 2.14 bits per heavy atom. The molecule has 0 spiro atoms. The van der Waals surface area contributed by atoms with Crippen LogP contribution in [0, 0.1) is 0 Å². The fourth-order valence-corrected chi connectivity index (χ4v) is 2.40. The van der Waals surface area contributed by atoms with Gasteiger partial charge in [-0.15, -0.1) is 11.3 Å². The molecule has 0 amide bonds. The number of methoxy groups -OCH3 is 1. The molecule has 0 unspecified atom stereocenters. The fourth-order valence-electron chi connectivity index (χ4n) is 1.83. The Hall–Kier alpha value is -1.73. The molecular formula is C14H20N4O2S. The summed E-state index contributed by atoms with van der Waals surface area (Å²) in [6.07, 6.45) is 0. The minimum atomic E-state index is -0.176. The van der Waals surface area contributed by atoms with Gasteiger partial charge in [-0.1, -0.05) is 20.8 Å². The zero-order valence-electron chi connectivity index (χ0n) is 12.7. The molecule has 114 valence electrons. The number of anilines is 1. The first-order chi connectivity index (χ1) is 9.82. The summed E-state index contributed by atoms with van der Waals surface area (Å²) >= 11 is 1.32. The van der Waals surface area contributed by atoms with Crippen LogP contribution in [-0.4, -0.2) is 28.5 Å². The summed E-state index contributed by atoms with van der Waals surface area (Å²) in [4.78, 5) is 16.7. The number of hydrogen-bond acceptors (Lipinski definition) is 6. The molecule has 0 radical (unpaired) electrons. The normalized spacial score (nSPS) is 11.8. The van der Waals surface area contributed by atoms with Crippen molar-refractivity contribution >= 4 is 16.5 Å². The number of nitrogen functional groups attached to an aromatic ring is 1. The molecule has 2 aromatic heterocycles. The van der Waals surface area contributed by atoms with E-state index in [1.807, 2.05) is 0 Å². The largest absolute Gasteiger partial charge is 0.383 e. The summed E-state index contributed by atoms with van der Waals surface area (Å²) in [5.74, 6) is 0. The molecule has 2 heterocycles. The van der Waals surface area contributed by atoms with Gasteiger partial charge >= 0.3 is 0 Å². The molecule has 0 fully saturated rings. The summed E-state index contributed by atoms with van der Waals surface area (Å²) in [5.41, 5.74) is 7.29. The van der Waals surface area contributed by atoms with Crippen molar-refractivity contribution in [3.63, 3.8) is 0 Å². The van der Waals surface area contributed by atoms with Crippen molar-refractivity contribution in [2.75, 3.05) is 19.5 Å². The van der Waals surface area contributed by atoms with E-state index >= 15 is 0 Å². The lowest BCUT2D eigenvalue weighted by Gasteiger charge is -2.19. The van der Waals surface area contributed by atoms with Gasteiger partial charge in [0.15, 0.2) is 5.13 Å². The van der Waals surface area contributed by atoms with Gasteiger partial charge in [-0.05, 0) is 6.07 Å². The maximum atomic E-state index is 12.5. The molecule has 2 N–H and O–H groups in total. The van der Waals surface area contributed by atoms with Gasteiger partial charge in [0.05, 0.1) is 30.1 Å². The number of ether oxygens (including phenoxy) is 1. The summed E-state index contributed by atoms with van der Waals surface area (Å²) in [6.45, 7) is 7.00. The highest BCUT2D eigenvalue weighted by atomic mass is 32.1. The summed E-state index contributed by atoms with van der Waals surface area (Å²) in [5, 5.41) is 6.68. The predicted molar refractivity (Wildman–Crippen MR) is 84.6 cm³/mol. The first-order valence-electron chi connectivity index (χ1n) is 6.66. The smallest absolute Gasteiger partial charge is 0.276 e. The van der Waals surface area contributed by atoms with E-state index in [2.05, 4.69) is 30.9 Å². The molecule has 0 aromatic carbocycles. The van der Waals surface area contributed by atoms with Crippen molar-refractivity contribution in [2.45, 2.75) is 32.7 Å². The van der Waals surface area contributed by atoms with E-state index < -0.39 is 0 Å². The van der Waals surface area contributed by atoms with Crippen LogP contribution in [0.1, 0.15) is 26.5 Å². The Kier molecular flexibility index (Phi) is 4.43. The minimum Gasteiger partial charge on any atom is -0.383 e. The van der Waals surface area contributed by atoms with Gasteiger partial charge in [0.1, 0.15) is 0 Å². The van der Waals surface area contributed by atoms with Crippen molar-refractivity contribution in [2.24, 2.45) is 0 Å². The maximum Gasteiger partial charge on any atom is 0.276 e. The monoisotopic (exact) mass is 308 g/mol. The molecule has 21 heavy (non-hydrogen) atoms. The predicted octanol–water partition coefficient (Wildman–Crippen LogP) is 1.89. The highest BCUT2D eigenvalue weighted by Crippen LogP contribution is 2.25. The van der Waals surface area contributed by atoms with E-state index in [9.17, 15) is 4.79 Å². The van der Waals surface area contributed by atoms with Gasteiger partial charge < -0.3 is 10.5 Å². The van der Waals surface area contributed by atoms with Crippen molar-refractivity contribution in [1.29, 1.82) is 0 Å². The standard InChI is InChI=1S/C14H20N4O2S/c1-14(2,3)11-7-9(10-8-21-13(15)16-10)12(19)18(17-11)5-6-20-4/h7-8H,5-6H2,1-4H3,(H2,15,16). The van der Waals surface area contributed by atoms with Crippen molar-refractivity contribution in [3.05, 3.63) is 27.5 Å². The highest BCUT2D eigenvalue weighted by molar-refractivity contribution is 7.13. The van der Waals surface area contributed by atoms with E-state index in [1.54, 1.807) is 18.6 Å². The number of nitrogens with two attached hydrogens (primary N) is 1. The second-order valence-corrected chi connectivity index (χ2v) is 6.68. The van der Waals surface area contributed by atoms with Crippen LogP contribution in [0.2, 0.25) is 0 Å². The summed E-state index contributed by atoms with van der Waals surface area (Å²) in [7, 11) is 1.60. The fraction of sp³-hybridized carbons (Fsp3) is 0.500. The van der Waals surface area contributed by atoms with Gasteiger partial charge in [0.2, 0.25) is 0 Å². The summed E-state index contributed by atoms with van der Waals surface area (Å²) in [6, 6.07) is 1.81.